The fourth-order valence-electron chi connectivity index (χ4n) is 3.14. The number of rotatable bonds is 5. The monoisotopic (exact) mass is 279 g/mol. The average molecular weight is 279 g/mol. The number of aliphatic hydroxyl groups is 1. The predicted molar refractivity (Wildman–Crippen MR) is 75.9 cm³/mol. The van der Waals surface area contributed by atoms with E-state index in [0.29, 0.717) is 12.2 Å². The summed E-state index contributed by atoms with van der Waals surface area (Å²) in [7, 11) is 0. The van der Waals surface area contributed by atoms with Gasteiger partial charge in [-0.25, -0.2) is 0 Å². The summed E-state index contributed by atoms with van der Waals surface area (Å²) in [5.74, 6) is 0.334. The van der Waals surface area contributed by atoms with Gasteiger partial charge in [0.25, 0.3) is 0 Å². The lowest BCUT2D eigenvalue weighted by molar-refractivity contribution is -0.386. The first kappa shape index (κ1) is 14.8. The molecule has 1 saturated carbocycles. The molecule has 1 aliphatic rings. The smallest absolute Gasteiger partial charge is 0.311 e. The topological polar surface area (TPSA) is 72.6 Å². The van der Waals surface area contributed by atoms with Crippen molar-refractivity contribution in [1.82, 2.24) is 0 Å². The van der Waals surface area contributed by atoms with Crippen LogP contribution in [0.4, 0.5) is 5.69 Å². The van der Waals surface area contributed by atoms with Crippen LogP contribution in [-0.4, -0.2) is 22.2 Å². The molecule has 0 spiro atoms. The molecule has 1 aromatic rings. The molecule has 2 rings (SSSR count). The van der Waals surface area contributed by atoms with E-state index >= 15 is 0 Å². The van der Waals surface area contributed by atoms with Crippen LogP contribution in [0.15, 0.2) is 18.2 Å². The molecule has 20 heavy (non-hydrogen) atoms. The minimum Gasteiger partial charge on any atom is -0.483 e. The standard InChI is InChI=1S/C15H21NO4/c1-4-15(5-2)12(17)9-13(15)20-14-10(3)7-6-8-11(14)16(18)19/h6-8,12-13,17H,4-5,9H2,1-3H3. The number of hydrogen-bond acceptors (Lipinski definition) is 4. The van der Waals surface area contributed by atoms with Gasteiger partial charge in [-0.3, -0.25) is 10.1 Å². The zero-order valence-electron chi connectivity index (χ0n) is 12.1. The second-order valence-electron chi connectivity index (χ2n) is 5.48. The maximum absolute atomic E-state index is 11.1. The highest BCUT2D eigenvalue weighted by atomic mass is 16.6. The van der Waals surface area contributed by atoms with Crippen molar-refractivity contribution in [2.75, 3.05) is 0 Å². The summed E-state index contributed by atoms with van der Waals surface area (Å²) in [5, 5.41) is 21.1. The second-order valence-corrected chi connectivity index (χ2v) is 5.48. The van der Waals surface area contributed by atoms with E-state index in [1.807, 2.05) is 13.8 Å². The van der Waals surface area contributed by atoms with Crippen LogP contribution in [0.2, 0.25) is 0 Å². The SMILES string of the molecule is CCC1(CC)C(O)CC1Oc1c(C)cccc1[N+](=O)[O-]. The number of aryl methyl sites for hydroxylation is 1. The number of nitrogens with zero attached hydrogens (tertiary/aromatic N) is 1. The highest BCUT2D eigenvalue weighted by Gasteiger charge is 2.54. The number of ether oxygens (including phenoxy) is 1. The van der Waals surface area contributed by atoms with E-state index in [4.69, 9.17) is 4.74 Å². The number of aliphatic hydroxyl groups excluding tert-OH is 1. The Morgan fingerprint density at radius 1 is 1.45 bits per heavy atom. The number of nitro groups is 1. The van der Waals surface area contributed by atoms with Crippen LogP contribution in [0.5, 0.6) is 5.75 Å². The molecule has 2 unspecified atom stereocenters. The Morgan fingerprint density at radius 3 is 2.60 bits per heavy atom. The summed E-state index contributed by atoms with van der Waals surface area (Å²) < 4.78 is 5.94. The van der Waals surface area contributed by atoms with Crippen molar-refractivity contribution in [3.8, 4) is 5.75 Å². The van der Waals surface area contributed by atoms with Gasteiger partial charge < -0.3 is 9.84 Å². The first-order valence-electron chi connectivity index (χ1n) is 7.05. The number of para-hydroxylation sites is 1. The van der Waals surface area contributed by atoms with E-state index < -0.39 is 4.92 Å². The molecule has 1 fully saturated rings. The quantitative estimate of drug-likeness (QED) is 0.663. The van der Waals surface area contributed by atoms with E-state index in [0.717, 1.165) is 18.4 Å². The third-order valence-corrected chi connectivity index (χ3v) is 4.71. The summed E-state index contributed by atoms with van der Waals surface area (Å²) in [5.41, 5.74) is 0.463. The van der Waals surface area contributed by atoms with E-state index in [-0.39, 0.29) is 23.3 Å². The van der Waals surface area contributed by atoms with Crippen molar-refractivity contribution in [2.24, 2.45) is 5.41 Å². The molecule has 1 aliphatic carbocycles. The zero-order valence-corrected chi connectivity index (χ0v) is 12.1. The Bertz CT molecular complexity index is 511. The van der Waals surface area contributed by atoms with Gasteiger partial charge >= 0.3 is 5.69 Å². The summed E-state index contributed by atoms with van der Waals surface area (Å²) >= 11 is 0. The van der Waals surface area contributed by atoms with Crippen molar-refractivity contribution in [2.45, 2.75) is 52.2 Å². The highest BCUT2D eigenvalue weighted by Crippen LogP contribution is 2.50. The van der Waals surface area contributed by atoms with Crippen molar-refractivity contribution >= 4 is 5.69 Å². The second kappa shape index (κ2) is 5.40. The molecule has 110 valence electrons. The third-order valence-electron chi connectivity index (χ3n) is 4.71. The Labute approximate surface area is 118 Å². The van der Waals surface area contributed by atoms with Gasteiger partial charge in [-0.1, -0.05) is 26.0 Å². The molecule has 0 bridgehead atoms. The van der Waals surface area contributed by atoms with Crippen molar-refractivity contribution in [3.05, 3.63) is 33.9 Å². The van der Waals surface area contributed by atoms with Crippen LogP contribution < -0.4 is 4.74 Å². The molecule has 0 aliphatic heterocycles. The van der Waals surface area contributed by atoms with Gasteiger partial charge in [0.1, 0.15) is 6.10 Å². The first-order valence-corrected chi connectivity index (χ1v) is 7.05. The summed E-state index contributed by atoms with van der Waals surface area (Å²) in [6.45, 7) is 5.85. The number of hydrogen-bond donors (Lipinski definition) is 1. The van der Waals surface area contributed by atoms with Gasteiger partial charge in [-0.05, 0) is 25.3 Å². The fraction of sp³-hybridized carbons (Fsp3) is 0.600. The Hall–Kier alpha value is -1.62. The lowest BCUT2D eigenvalue weighted by atomic mass is 9.60. The Balaban J connectivity index is 2.30. The van der Waals surface area contributed by atoms with Crippen molar-refractivity contribution in [1.29, 1.82) is 0 Å². The average Bonchev–Trinajstić information content (AvgIpc) is 2.41. The Morgan fingerprint density at radius 2 is 2.10 bits per heavy atom. The molecule has 5 heteroatoms. The van der Waals surface area contributed by atoms with Gasteiger partial charge in [0, 0.05) is 17.9 Å². The molecule has 0 amide bonds. The van der Waals surface area contributed by atoms with Crippen LogP contribution in [0.3, 0.4) is 0 Å². The van der Waals surface area contributed by atoms with Crippen LogP contribution in [0, 0.1) is 22.5 Å². The normalized spacial score (nSPS) is 24.0. The van der Waals surface area contributed by atoms with Crippen LogP contribution in [-0.2, 0) is 0 Å². The van der Waals surface area contributed by atoms with E-state index in [9.17, 15) is 15.2 Å². The van der Waals surface area contributed by atoms with E-state index in [2.05, 4.69) is 0 Å². The maximum Gasteiger partial charge on any atom is 0.311 e. The van der Waals surface area contributed by atoms with Gasteiger partial charge in [0.05, 0.1) is 11.0 Å². The fourth-order valence-corrected chi connectivity index (χ4v) is 3.14. The van der Waals surface area contributed by atoms with E-state index in [1.54, 1.807) is 19.1 Å². The number of nitro benzene ring substituents is 1. The first-order chi connectivity index (χ1) is 9.46. The lowest BCUT2D eigenvalue weighted by Crippen LogP contribution is -2.59. The zero-order chi connectivity index (χ0) is 14.9. The van der Waals surface area contributed by atoms with Crippen LogP contribution in [0.25, 0.3) is 0 Å². The van der Waals surface area contributed by atoms with Crippen molar-refractivity contribution < 1.29 is 14.8 Å². The minimum atomic E-state index is -0.420. The highest BCUT2D eigenvalue weighted by molar-refractivity contribution is 5.51. The predicted octanol–water partition coefficient (Wildman–Crippen LogP) is 3.22. The minimum absolute atomic E-state index is 0.00695. The molecule has 5 nitrogen and oxygen atoms in total. The van der Waals surface area contributed by atoms with Gasteiger partial charge in [-0.15, -0.1) is 0 Å². The van der Waals surface area contributed by atoms with Crippen LogP contribution >= 0.6 is 0 Å². The molecular formula is C15H21NO4. The van der Waals surface area contributed by atoms with E-state index in [1.165, 1.54) is 6.07 Å². The molecule has 0 aromatic heterocycles. The molecule has 0 heterocycles. The maximum atomic E-state index is 11.1. The summed E-state index contributed by atoms with van der Waals surface area (Å²) in [6.07, 6.45) is 1.59. The molecule has 0 radical (unpaired) electrons. The third kappa shape index (κ3) is 2.16. The van der Waals surface area contributed by atoms with Gasteiger partial charge in [-0.2, -0.15) is 0 Å². The Kier molecular flexibility index (Phi) is 3.99. The molecular weight excluding hydrogens is 258 g/mol. The molecule has 1 N–H and O–H groups in total. The lowest BCUT2D eigenvalue weighted by Gasteiger charge is -2.52. The van der Waals surface area contributed by atoms with Gasteiger partial charge in [0.2, 0.25) is 0 Å². The molecule has 0 saturated heterocycles. The van der Waals surface area contributed by atoms with Crippen LogP contribution in [0.1, 0.15) is 38.7 Å². The summed E-state index contributed by atoms with van der Waals surface area (Å²) in [6, 6.07) is 4.91. The summed E-state index contributed by atoms with van der Waals surface area (Å²) in [4.78, 5) is 10.7. The molecule has 2 atom stereocenters. The molecule has 1 aromatic carbocycles. The number of benzene rings is 1. The van der Waals surface area contributed by atoms with Crippen molar-refractivity contribution in [3.63, 3.8) is 0 Å². The largest absolute Gasteiger partial charge is 0.483 e. The van der Waals surface area contributed by atoms with Gasteiger partial charge in [0.15, 0.2) is 5.75 Å².